The Morgan fingerprint density at radius 2 is 2.00 bits per heavy atom. The van der Waals surface area contributed by atoms with Crippen molar-refractivity contribution in [3.8, 4) is 5.75 Å². The lowest BCUT2D eigenvalue weighted by molar-refractivity contribution is 0.270. The Kier molecular flexibility index (Phi) is 6.32. The van der Waals surface area contributed by atoms with E-state index in [0.29, 0.717) is 5.92 Å². The number of nitrogens with two attached hydrogens (primary N) is 1. The molecule has 108 valence electrons. The minimum absolute atomic E-state index is 0.0597. The molecule has 2 atom stereocenters. The minimum Gasteiger partial charge on any atom is -0.496 e. The molecule has 0 aliphatic carbocycles. The van der Waals surface area contributed by atoms with Crippen LogP contribution in [-0.4, -0.2) is 25.6 Å². The molecule has 1 aromatic carbocycles. The Balaban J connectivity index is 2.82. The standard InChI is InChI=1S/C16H28N2O/c1-6-12(2)10-18(4)11-15-9-14(13(3)17)7-8-16(15)19-5/h7-9,12-13H,6,10-11,17H2,1-5H3. The number of ether oxygens (including phenoxy) is 1. The molecule has 0 aliphatic heterocycles. The number of nitrogens with zero attached hydrogens (tertiary/aromatic N) is 1. The summed E-state index contributed by atoms with van der Waals surface area (Å²) >= 11 is 0. The van der Waals surface area contributed by atoms with Crippen LogP contribution >= 0.6 is 0 Å². The third-order valence-electron chi connectivity index (χ3n) is 3.59. The predicted octanol–water partition coefficient (Wildman–Crippen LogP) is 3.19. The van der Waals surface area contributed by atoms with Crippen molar-refractivity contribution in [1.29, 1.82) is 0 Å². The van der Waals surface area contributed by atoms with E-state index in [4.69, 9.17) is 10.5 Å². The fourth-order valence-electron chi connectivity index (χ4n) is 2.22. The van der Waals surface area contributed by atoms with Crippen molar-refractivity contribution in [1.82, 2.24) is 4.90 Å². The molecule has 3 heteroatoms. The Bertz CT molecular complexity index is 390. The highest BCUT2D eigenvalue weighted by Gasteiger charge is 2.11. The zero-order valence-corrected chi connectivity index (χ0v) is 12.9. The smallest absolute Gasteiger partial charge is 0.123 e. The topological polar surface area (TPSA) is 38.5 Å². The number of hydrogen-bond donors (Lipinski definition) is 1. The Morgan fingerprint density at radius 3 is 2.53 bits per heavy atom. The van der Waals surface area contributed by atoms with Gasteiger partial charge in [-0.1, -0.05) is 26.3 Å². The lowest BCUT2D eigenvalue weighted by Crippen LogP contribution is -2.24. The fourth-order valence-corrected chi connectivity index (χ4v) is 2.22. The Labute approximate surface area is 117 Å². The van der Waals surface area contributed by atoms with E-state index in [0.717, 1.165) is 24.4 Å². The molecule has 0 radical (unpaired) electrons. The van der Waals surface area contributed by atoms with Gasteiger partial charge in [-0.15, -0.1) is 0 Å². The van der Waals surface area contributed by atoms with Gasteiger partial charge in [0.15, 0.2) is 0 Å². The van der Waals surface area contributed by atoms with Crippen molar-refractivity contribution in [3.63, 3.8) is 0 Å². The summed E-state index contributed by atoms with van der Waals surface area (Å²) in [7, 11) is 3.88. The molecule has 0 spiro atoms. The quantitative estimate of drug-likeness (QED) is 0.822. The van der Waals surface area contributed by atoms with E-state index in [-0.39, 0.29) is 6.04 Å². The van der Waals surface area contributed by atoms with Gasteiger partial charge in [0, 0.05) is 24.7 Å². The highest BCUT2D eigenvalue weighted by Crippen LogP contribution is 2.24. The normalized spacial score (nSPS) is 14.5. The lowest BCUT2D eigenvalue weighted by atomic mass is 10.0. The molecular weight excluding hydrogens is 236 g/mol. The van der Waals surface area contributed by atoms with Gasteiger partial charge in [0.05, 0.1) is 7.11 Å². The summed E-state index contributed by atoms with van der Waals surface area (Å²) in [5, 5.41) is 0. The largest absolute Gasteiger partial charge is 0.496 e. The van der Waals surface area contributed by atoms with Gasteiger partial charge in [-0.3, -0.25) is 0 Å². The summed E-state index contributed by atoms with van der Waals surface area (Å²) in [4.78, 5) is 2.34. The van der Waals surface area contributed by atoms with Gasteiger partial charge in [-0.05, 0) is 37.6 Å². The maximum absolute atomic E-state index is 5.95. The first-order valence-corrected chi connectivity index (χ1v) is 7.08. The summed E-state index contributed by atoms with van der Waals surface area (Å²) < 4.78 is 5.44. The van der Waals surface area contributed by atoms with Gasteiger partial charge in [0.1, 0.15) is 5.75 Å². The first-order valence-electron chi connectivity index (χ1n) is 7.08. The van der Waals surface area contributed by atoms with Gasteiger partial charge in [-0.25, -0.2) is 0 Å². The second kappa shape index (κ2) is 7.51. The van der Waals surface area contributed by atoms with E-state index >= 15 is 0 Å². The van der Waals surface area contributed by atoms with Gasteiger partial charge >= 0.3 is 0 Å². The predicted molar refractivity (Wildman–Crippen MR) is 81.4 cm³/mol. The second-order valence-corrected chi connectivity index (χ2v) is 5.57. The van der Waals surface area contributed by atoms with E-state index in [1.165, 1.54) is 12.0 Å². The molecule has 1 rings (SSSR count). The first kappa shape index (κ1) is 16.0. The van der Waals surface area contributed by atoms with E-state index in [1.807, 2.05) is 19.1 Å². The maximum atomic E-state index is 5.95. The second-order valence-electron chi connectivity index (χ2n) is 5.57. The summed E-state index contributed by atoms with van der Waals surface area (Å²) in [6.45, 7) is 8.52. The maximum Gasteiger partial charge on any atom is 0.123 e. The SMILES string of the molecule is CCC(C)CN(C)Cc1cc(C(C)N)ccc1OC. The van der Waals surface area contributed by atoms with Crippen LogP contribution in [0.4, 0.5) is 0 Å². The van der Waals surface area contributed by atoms with Gasteiger partial charge < -0.3 is 15.4 Å². The van der Waals surface area contributed by atoms with Crippen LogP contribution in [0.5, 0.6) is 5.75 Å². The highest BCUT2D eigenvalue weighted by molar-refractivity contribution is 5.38. The number of hydrogen-bond acceptors (Lipinski definition) is 3. The zero-order chi connectivity index (χ0) is 14.4. The summed E-state index contributed by atoms with van der Waals surface area (Å²) in [6, 6.07) is 6.29. The number of rotatable bonds is 7. The third-order valence-corrected chi connectivity index (χ3v) is 3.59. The lowest BCUT2D eigenvalue weighted by Gasteiger charge is -2.22. The monoisotopic (exact) mass is 264 g/mol. The average Bonchev–Trinajstić information content (AvgIpc) is 2.38. The van der Waals surface area contributed by atoms with Crippen LogP contribution in [0.2, 0.25) is 0 Å². The van der Waals surface area contributed by atoms with Gasteiger partial charge in [-0.2, -0.15) is 0 Å². The van der Waals surface area contributed by atoms with Crippen molar-refractivity contribution < 1.29 is 4.74 Å². The van der Waals surface area contributed by atoms with Crippen LogP contribution in [0, 0.1) is 5.92 Å². The van der Waals surface area contributed by atoms with Crippen LogP contribution in [0.15, 0.2) is 18.2 Å². The van der Waals surface area contributed by atoms with Crippen LogP contribution in [0.1, 0.15) is 44.4 Å². The number of methoxy groups -OCH3 is 1. The Hall–Kier alpha value is -1.06. The van der Waals surface area contributed by atoms with Crippen LogP contribution < -0.4 is 10.5 Å². The summed E-state index contributed by atoms with van der Waals surface area (Å²) in [5.41, 5.74) is 8.32. The molecule has 19 heavy (non-hydrogen) atoms. The number of benzene rings is 1. The highest BCUT2D eigenvalue weighted by atomic mass is 16.5. The van der Waals surface area contributed by atoms with E-state index in [2.05, 4.69) is 31.9 Å². The van der Waals surface area contributed by atoms with E-state index in [1.54, 1.807) is 7.11 Å². The summed E-state index contributed by atoms with van der Waals surface area (Å²) in [6.07, 6.45) is 1.21. The summed E-state index contributed by atoms with van der Waals surface area (Å²) in [5.74, 6) is 1.66. The fraction of sp³-hybridized carbons (Fsp3) is 0.625. The first-order chi connectivity index (χ1) is 8.97. The van der Waals surface area contributed by atoms with Gasteiger partial charge in [0.2, 0.25) is 0 Å². The van der Waals surface area contributed by atoms with Crippen molar-refractivity contribution in [2.45, 2.75) is 39.8 Å². The molecule has 0 aliphatic rings. The van der Waals surface area contributed by atoms with Crippen LogP contribution in [0.3, 0.4) is 0 Å². The van der Waals surface area contributed by atoms with Gasteiger partial charge in [0.25, 0.3) is 0 Å². The third kappa shape index (κ3) is 4.84. The van der Waals surface area contributed by atoms with Crippen molar-refractivity contribution >= 4 is 0 Å². The minimum atomic E-state index is 0.0597. The molecule has 3 nitrogen and oxygen atoms in total. The van der Waals surface area contributed by atoms with Crippen molar-refractivity contribution in [3.05, 3.63) is 29.3 Å². The van der Waals surface area contributed by atoms with Crippen LogP contribution in [-0.2, 0) is 6.54 Å². The van der Waals surface area contributed by atoms with E-state index < -0.39 is 0 Å². The molecule has 0 fully saturated rings. The molecule has 0 heterocycles. The Morgan fingerprint density at radius 1 is 1.32 bits per heavy atom. The molecule has 2 N–H and O–H groups in total. The molecule has 0 aromatic heterocycles. The molecule has 2 unspecified atom stereocenters. The zero-order valence-electron chi connectivity index (χ0n) is 12.9. The van der Waals surface area contributed by atoms with Crippen molar-refractivity contribution in [2.24, 2.45) is 11.7 Å². The molecule has 0 bridgehead atoms. The molecule has 0 amide bonds. The van der Waals surface area contributed by atoms with Crippen molar-refractivity contribution in [2.75, 3.05) is 20.7 Å². The molecule has 0 saturated carbocycles. The molecule has 1 aromatic rings. The van der Waals surface area contributed by atoms with Crippen LogP contribution in [0.25, 0.3) is 0 Å². The molecule has 0 saturated heterocycles. The van der Waals surface area contributed by atoms with E-state index in [9.17, 15) is 0 Å². The average molecular weight is 264 g/mol. The molecular formula is C16H28N2O.